The van der Waals surface area contributed by atoms with Crippen LogP contribution in [0, 0.1) is 5.92 Å². The molecule has 1 amide bonds. The number of amides is 1. The Hall–Kier alpha value is -0.700. The molecule has 0 aliphatic heterocycles. The number of carbonyl (C=O) groups is 1. The molecule has 0 bridgehead atoms. The summed E-state index contributed by atoms with van der Waals surface area (Å²) in [5.74, 6) is 0.339. The highest BCUT2D eigenvalue weighted by Gasteiger charge is 2.29. The van der Waals surface area contributed by atoms with E-state index >= 15 is 0 Å². The van der Waals surface area contributed by atoms with Gasteiger partial charge in [0.05, 0.1) is 6.04 Å². The second-order valence-corrected chi connectivity index (χ2v) is 6.60. The van der Waals surface area contributed by atoms with Crippen LogP contribution in [0.1, 0.15) is 67.2 Å². The quantitative estimate of drug-likeness (QED) is 0.456. The summed E-state index contributed by atoms with van der Waals surface area (Å²) in [5.41, 5.74) is -0.526. The SMILES string of the molecule is CC/C=C\CC([C@H](C)CCC)N(Cl)C(=O)OC(C)(C)C. The first kappa shape index (κ1) is 19.3. The van der Waals surface area contributed by atoms with Gasteiger partial charge in [-0.3, -0.25) is 0 Å². The molecule has 0 aliphatic carbocycles. The minimum atomic E-state index is -0.526. The van der Waals surface area contributed by atoms with Gasteiger partial charge in [0.1, 0.15) is 5.60 Å². The molecule has 0 fully saturated rings. The first-order valence-corrected chi connectivity index (χ1v) is 7.89. The van der Waals surface area contributed by atoms with Crippen molar-refractivity contribution in [2.45, 2.75) is 78.9 Å². The molecule has 0 saturated carbocycles. The van der Waals surface area contributed by atoms with Crippen LogP contribution in [-0.4, -0.2) is 22.2 Å². The smallest absolute Gasteiger partial charge is 0.425 e. The van der Waals surface area contributed by atoms with Crippen LogP contribution in [0.4, 0.5) is 4.79 Å². The molecule has 1 unspecified atom stereocenters. The summed E-state index contributed by atoms with van der Waals surface area (Å²) < 4.78 is 6.59. The van der Waals surface area contributed by atoms with Gasteiger partial charge in [-0.25, -0.2) is 9.21 Å². The molecule has 0 aromatic heterocycles. The average molecular weight is 304 g/mol. The Morgan fingerprint density at radius 1 is 1.30 bits per heavy atom. The summed E-state index contributed by atoms with van der Waals surface area (Å²) in [6.45, 7) is 11.9. The third-order valence-electron chi connectivity index (χ3n) is 3.04. The number of ether oxygens (including phenoxy) is 1. The van der Waals surface area contributed by atoms with Crippen molar-refractivity contribution in [1.82, 2.24) is 4.42 Å². The minimum Gasteiger partial charge on any atom is -0.443 e. The fourth-order valence-electron chi connectivity index (χ4n) is 2.04. The van der Waals surface area contributed by atoms with E-state index in [4.69, 9.17) is 16.5 Å². The Morgan fingerprint density at radius 2 is 1.90 bits per heavy atom. The second kappa shape index (κ2) is 9.28. The molecule has 0 saturated heterocycles. The Bertz CT molecular complexity index is 310. The van der Waals surface area contributed by atoms with Gasteiger partial charge >= 0.3 is 6.09 Å². The summed E-state index contributed by atoms with van der Waals surface area (Å²) in [6, 6.07) is -0.0331. The molecule has 4 heteroatoms. The van der Waals surface area contributed by atoms with Crippen molar-refractivity contribution in [3.05, 3.63) is 12.2 Å². The molecule has 0 N–H and O–H groups in total. The van der Waals surface area contributed by atoms with Gasteiger partial charge in [0.2, 0.25) is 0 Å². The number of rotatable bonds is 7. The second-order valence-electron chi connectivity index (χ2n) is 6.24. The van der Waals surface area contributed by atoms with Gasteiger partial charge in [0.25, 0.3) is 0 Å². The fraction of sp³-hybridized carbons (Fsp3) is 0.812. The summed E-state index contributed by atoms with van der Waals surface area (Å²) in [4.78, 5) is 12.1. The maximum atomic E-state index is 12.1. The summed E-state index contributed by atoms with van der Waals surface area (Å²) >= 11 is 6.24. The molecule has 0 radical (unpaired) electrons. The summed E-state index contributed by atoms with van der Waals surface area (Å²) in [7, 11) is 0. The van der Waals surface area contributed by atoms with Gasteiger partial charge in [0.15, 0.2) is 0 Å². The molecule has 2 atom stereocenters. The van der Waals surface area contributed by atoms with Crippen molar-refractivity contribution in [2.75, 3.05) is 0 Å². The number of allylic oxidation sites excluding steroid dienone is 1. The van der Waals surface area contributed by atoms with Crippen LogP contribution in [0.3, 0.4) is 0 Å². The van der Waals surface area contributed by atoms with Crippen LogP contribution in [0.15, 0.2) is 12.2 Å². The van der Waals surface area contributed by atoms with Gasteiger partial charge < -0.3 is 4.74 Å². The highest BCUT2D eigenvalue weighted by Crippen LogP contribution is 2.24. The lowest BCUT2D eigenvalue weighted by Crippen LogP contribution is -2.40. The van der Waals surface area contributed by atoms with E-state index in [2.05, 4.69) is 32.9 Å². The lowest BCUT2D eigenvalue weighted by Gasteiger charge is -2.31. The topological polar surface area (TPSA) is 29.5 Å². The standard InChI is InChI=1S/C16H30ClNO2/c1-7-9-10-12-14(13(3)11-8-2)18(17)15(19)20-16(4,5)6/h9-10,13-14H,7-8,11-12H2,1-6H3/b10-9-/t13-,14?/m1/s1. The molecular weight excluding hydrogens is 274 g/mol. The van der Waals surface area contributed by atoms with Crippen molar-refractivity contribution < 1.29 is 9.53 Å². The lowest BCUT2D eigenvalue weighted by atomic mass is 9.94. The molecule has 0 aliphatic rings. The Kier molecular flexibility index (Phi) is 8.95. The van der Waals surface area contributed by atoms with E-state index in [1.165, 1.54) is 4.42 Å². The predicted octanol–water partition coefficient (Wildman–Crippen LogP) is 5.54. The van der Waals surface area contributed by atoms with Crippen molar-refractivity contribution >= 4 is 17.9 Å². The fourth-order valence-corrected chi connectivity index (χ4v) is 2.35. The number of hydrogen-bond donors (Lipinski definition) is 0. The molecule has 0 heterocycles. The summed E-state index contributed by atoms with van der Waals surface area (Å²) in [6.07, 6.45) is 7.60. The maximum absolute atomic E-state index is 12.1. The van der Waals surface area contributed by atoms with E-state index in [1.54, 1.807) is 0 Å². The number of hydrogen-bond acceptors (Lipinski definition) is 2. The minimum absolute atomic E-state index is 0.0331. The van der Waals surface area contributed by atoms with Gasteiger partial charge in [-0.15, -0.1) is 0 Å². The monoisotopic (exact) mass is 303 g/mol. The highest BCUT2D eigenvalue weighted by molar-refractivity contribution is 6.20. The average Bonchev–Trinajstić information content (AvgIpc) is 2.32. The first-order chi connectivity index (χ1) is 9.22. The van der Waals surface area contributed by atoms with Crippen molar-refractivity contribution in [1.29, 1.82) is 0 Å². The van der Waals surface area contributed by atoms with Crippen molar-refractivity contribution in [2.24, 2.45) is 5.92 Å². The van der Waals surface area contributed by atoms with Crippen LogP contribution in [0.5, 0.6) is 0 Å². The third-order valence-corrected chi connectivity index (χ3v) is 3.43. The molecule has 118 valence electrons. The van der Waals surface area contributed by atoms with Crippen molar-refractivity contribution in [3.8, 4) is 0 Å². The van der Waals surface area contributed by atoms with Crippen LogP contribution in [-0.2, 0) is 4.74 Å². The lowest BCUT2D eigenvalue weighted by molar-refractivity contribution is 0.0303. The summed E-state index contributed by atoms with van der Waals surface area (Å²) in [5, 5.41) is 0. The molecule has 0 aromatic carbocycles. The Morgan fingerprint density at radius 3 is 2.35 bits per heavy atom. The number of halogens is 1. The normalized spacial score (nSPS) is 15.2. The molecule has 20 heavy (non-hydrogen) atoms. The molecule has 3 nitrogen and oxygen atoms in total. The maximum Gasteiger partial charge on any atom is 0.425 e. The molecular formula is C16H30ClNO2. The Balaban J connectivity index is 4.81. The molecule has 0 spiro atoms. The molecule has 0 aromatic rings. The van der Waals surface area contributed by atoms with Crippen LogP contribution in [0.25, 0.3) is 0 Å². The van der Waals surface area contributed by atoms with Crippen molar-refractivity contribution in [3.63, 3.8) is 0 Å². The first-order valence-electron chi connectivity index (χ1n) is 7.55. The zero-order chi connectivity index (χ0) is 15.8. The number of nitrogens with zero attached hydrogens (tertiary/aromatic N) is 1. The van der Waals surface area contributed by atoms with E-state index in [1.807, 2.05) is 20.8 Å². The van der Waals surface area contributed by atoms with E-state index in [0.717, 1.165) is 25.7 Å². The third kappa shape index (κ3) is 7.78. The van der Waals surface area contributed by atoms with E-state index in [9.17, 15) is 4.79 Å². The van der Waals surface area contributed by atoms with Gasteiger partial charge in [-0.05, 0) is 46.0 Å². The highest BCUT2D eigenvalue weighted by atomic mass is 35.5. The Labute approximate surface area is 129 Å². The van der Waals surface area contributed by atoms with E-state index in [-0.39, 0.29) is 6.04 Å². The zero-order valence-electron chi connectivity index (χ0n) is 13.8. The van der Waals surface area contributed by atoms with Gasteiger partial charge in [-0.1, -0.05) is 39.3 Å². The van der Waals surface area contributed by atoms with E-state index < -0.39 is 11.7 Å². The van der Waals surface area contributed by atoms with Gasteiger partial charge in [0, 0.05) is 11.8 Å². The van der Waals surface area contributed by atoms with Crippen LogP contribution < -0.4 is 0 Å². The predicted molar refractivity (Wildman–Crippen MR) is 85.8 cm³/mol. The molecule has 0 rings (SSSR count). The number of carbonyl (C=O) groups excluding carboxylic acids is 1. The van der Waals surface area contributed by atoms with Crippen LogP contribution in [0.2, 0.25) is 0 Å². The van der Waals surface area contributed by atoms with Crippen LogP contribution >= 0.6 is 11.8 Å². The van der Waals surface area contributed by atoms with Gasteiger partial charge in [-0.2, -0.15) is 0 Å². The van der Waals surface area contributed by atoms with E-state index in [0.29, 0.717) is 5.92 Å². The zero-order valence-corrected chi connectivity index (χ0v) is 14.5. The largest absolute Gasteiger partial charge is 0.443 e.